The maximum atomic E-state index is 12.2. The van der Waals surface area contributed by atoms with Crippen LogP contribution in [0.15, 0.2) is 30.3 Å². The van der Waals surface area contributed by atoms with E-state index in [-0.39, 0.29) is 18.2 Å². The molecule has 134 valence electrons. The normalized spacial score (nSPS) is 10.9. The van der Waals surface area contributed by atoms with E-state index in [2.05, 4.69) is 20.8 Å². The van der Waals surface area contributed by atoms with Crippen LogP contribution >= 0.6 is 0 Å². The zero-order valence-electron chi connectivity index (χ0n) is 14.7. The molecule has 0 saturated carbocycles. The monoisotopic (exact) mass is 346 g/mol. The Morgan fingerprint density at radius 2 is 1.92 bits per heavy atom. The van der Waals surface area contributed by atoms with Gasteiger partial charge in [0.25, 0.3) is 5.91 Å². The fourth-order valence-corrected chi connectivity index (χ4v) is 2.16. The third kappa shape index (κ3) is 4.50. The van der Waals surface area contributed by atoms with E-state index < -0.39 is 11.4 Å². The molecular weight excluding hydrogens is 324 g/mol. The van der Waals surface area contributed by atoms with Gasteiger partial charge in [0.2, 0.25) is 5.91 Å². The van der Waals surface area contributed by atoms with Crippen molar-refractivity contribution in [2.24, 2.45) is 0 Å². The predicted octanol–water partition coefficient (Wildman–Crippen LogP) is 1.25. The summed E-state index contributed by atoms with van der Waals surface area (Å²) in [4.78, 5) is 24.0. The number of likely N-dealkylation sites (N-methyl/N-ethyl adjacent to an activating group) is 1. The standard InChI is InChI=1S/C17H22N4O4/c1-17(2,16(23)18-3)19-15(22)12-9-11(20-21-12)10-25-14-8-6-5-7-13(14)24-4/h5-9H,10H2,1-4H3,(H,18,23)(H,19,22)(H,20,21). The van der Waals surface area contributed by atoms with Gasteiger partial charge in [0.05, 0.1) is 12.8 Å². The van der Waals surface area contributed by atoms with Gasteiger partial charge in [-0.15, -0.1) is 0 Å². The molecule has 0 aliphatic carbocycles. The van der Waals surface area contributed by atoms with Crippen LogP contribution in [0.4, 0.5) is 0 Å². The Morgan fingerprint density at radius 3 is 2.56 bits per heavy atom. The lowest BCUT2D eigenvalue weighted by molar-refractivity contribution is -0.125. The number of hydrogen-bond acceptors (Lipinski definition) is 5. The number of H-pyrrole nitrogens is 1. The minimum Gasteiger partial charge on any atom is -0.493 e. The molecular formula is C17H22N4O4. The molecule has 2 rings (SSSR count). The number of rotatable bonds is 7. The van der Waals surface area contributed by atoms with Crippen LogP contribution in [0.5, 0.6) is 11.5 Å². The average molecular weight is 346 g/mol. The van der Waals surface area contributed by atoms with Gasteiger partial charge < -0.3 is 20.1 Å². The summed E-state index contributed by atoms with van der Waals surface area (Å²) in [6.45, 7) is 3.42. The van der Waals surface area contributed by atoms with Crippen molar-refractivity contribution in [2.45, 2.75) is 26.0 Å². The van der Waals surface area contributed by atoms with E-state index in [0.717, 1.165) is 0 Å². The zero-order valence-corrected chi connectivity index (χ0v) is 14.7. The first kappa shape index (κ1) is 18.3. The summed E-state index contributed by atoms with van der Waals surface area (Å²) in [5.41, 5.74) is -0.247. The first-order chi connectivity index (χ1) is 11.9. The molecule has 0 radical (unpaired) electrons. The Labute approximate surface area is 145 Å². The van der Waals surface area contributed by atoms with Crippen LogP contribution in [0.25, 0.3) is 0 Å². The number of para-hydroxylation sites is 2. The number of carbonyl (C=O) groups excluding carboxylic acids is 2. The number of aromatic amines is 1. The van der Waals surface area contributed by atoms with Gasteiger partial charge in [-0.25, -0.2) is 0 Å². The smallest absolute Gasteiger partial charge is 0.272 e. The first-order valence-electron chi connectivity index (χ1n) is 7.72. The number of hydrogen-bond donors (Lipinski definition) is 3. The summed E-state index contributed by atoms with van der Waals surface area (Å²) >= 11 is 0. The van der Waals surface area contributed by atoms with Crippen LogP contribution in [0.2, 0.25) is 0 Å². The van der Waals surface area contributed by atoms with Crippen LogP contribution in [-0.4, -0.2) is 41.7 Å². The molecule has 1 heterocycles. The highest BCUT2D eigenvalue weighted by Crippen LogP contribution is 2.26. The molecule has 0 bridgehead atoms. The third-order valence-electron chi connectivity index (χ3n) is 3.54. The minimum absolute atomic E-state index is 0.176. The van der Waals surface area contributed by atoms with Gasteiger partial charge >= 0.3 is 0 Å². The minimum atomic E-state index is -1.04. The lowest BCUT2D eigenvalue weighted by Gasteiger charge is -2.23. The number of carbonyl (C=O) groups is 2. The molecule has 0 saturated heterocycles. The predicted molar refractivity (Wildman–Crippen MR) is 91.5 cm³/mol. The number of methoxy groups -OCH3 is 1. The van der Waals surface area contributed by atoms with E-state index in [9.17, 15) is 9.59 Å². The third-order valence-corrected chi connectivity index (χ3v) is 3.54. The van der Waals surface area contributed by atoms with E-state index in [1.807, 2.05) is 12.1 Å². The van der Waals surface area contributed by atoms with Gasteiger partial charge in [-0.2, -0.15) is 5.10 Å². The van der Waals surface area contributed by atoms with Crippen LogP contribution in [0.1, 0.15) is 30.0 Å². The van der Waals surface area contributed by atoms with Crippen molar-refractivity contribution in [2.75, 3.05) is 14.2 Å². The summed E-state index contributed by atoms with van der Waals surface area (Å²) < 4.78 is 10.9. The Bertz CT molecular complexity index is 755. The summed E-state index contributed by atoms with van der Waals surface area (Å²) in [5, 5.41) is 11.8. The van der Waals surface area contributed by atoms with E-state index >= 15 is 0 Å². The fourth-order valence-electron chi connectivity index (χ4n) is 2.16. The molecule has 1 aromatic carbocycles. The second kappa shape index (κ2) is 7.69. The lowest BCUT2D eigenvalue weighted by Crippen LogP contribution is -2.54. The number of ether oxygens (including phenoxy) is 2. The van der Waals surface area contributed by atoms with E-state index in [4.69, 9.17) is 9.47 Å². The van der Waals surface area contributed by atoms with Crippen molar-refractivity contribution in [3.63, 3.8) is 0 Å². The van der Waals surface area contributed by atoms with Gasteiger partial charge in [-0.1, -0.05) is 12.1 Å². The highest BCUT2D eigenvalue weighted by molar-refractivity contribution is 5.97. The Hall–Kier alpha value is -3.03. The quantitative estimate of drug-likeness (QED) is 0.700. The molecule has 3 N–H and O–H groups in total. The number of aromatic nitrogens is 2. The highest BCUT2D eigenvalue weighted by Gasteiger charge is 2.29. The van der Waals surface area contributed by atoms with Gasteiger partial charge in [0.15, 0.2) is 11.5 Å². The summed E-state index contributed by atoms with van der Waals surface area (Å²) in [6, 6.07) is 8.84. The van der Waals surface area contributed by atoms with Crippen molar-refractivity contribution in [1.82, 2.24) is 20.8 Å². The number of amides is 2. The molecule has 2 aromatic rings. The molecule has 0 spiro atoms. The van der Waals surface area contributed by atoms with Gasteiger partial charge in [0.1, 0.15) is 17.8 Å². The molecule has 0 fully saturated rings. The lowest BCUT2D eigenvalue weighted by atomic mass is 10.0. The van der Waals surface area contributed by atoms with Crippen LogP contribution in [0.3, 0.4) is 0 Å². The molecule has 0 aliphatic rings. The van der Waals surface area contributed by atoms with E-state index in [1.165, 1.54) is 7.05 Å². The Kier molecular flexibility index (Phi) is 5.63. The Morgan fingerprint density at radius 1 is 1.24 bits per heavy atom. The SMILES string of the molecule is CNC(=O)C(C)(C)NC(=O)c1cc(COc2ccccc2OC)[nH]n1. The molecule has 2 amide bonds. The van der Waals surface area contributed by atoms with E-state index in [0.29, 0.717) is 17.2 Å². The van der Waals surface area contributed by atoms with Crippen molar-refractivity contribution in [3.8, 4) is 11.5 Å². The molecule has 25 heavy (non-hydrogen) atoms. The number of benzene rings is 1. The van der Waals surface area contributed by atoms with Crippen molar-refractivity contribution in [3.05, 3.63) is 41.7 Å². The molecule has 8 heteroatoms. The van der Waals surface area contributed by atoms with Gasteiger partial charge in [0, 0.05) is 7.05 Å². The maximum absolute atomic E-state index is 12.2. The topological polar surface area (TPSA) is 105 Å². The Balaban J connectivity index is 2.00. The molecule has 0 unspecified atom stereocenters. The summed E-state index contributed by atoms with van der Waals surface area (Å²) in [5.74, 6) is 0.461. The molecule has 0 aliphatic heterocycles. The number of nitrogens with one attached hydrogen (secondary N) is 3. The zero-order chi connectivity index (χ0) is 18.4. The van der Waals surface area contributed by atoms with Crippen molar-refractivity contribution >= 4 is 11.8 Å². The summed E-state index contributed by atoms with van der Waals surface area (Å²) in [7, 11) is 3.08. The van der Waals surface area contributed by atoms with Crippen LogP contribution < -0.4 is 20.1 Å². The van der Waals surface area contributed by atoms with Crippen molar-refractivity contribution in [1.29, 1.82) is 0 Å². The first-order valence-corrected chi connectivity index (χ1v) is 7.72. The van der Waals surface area contributed by atoms with E-state index in [1.54, 1.807) is 39.2 Å². The second-order valence-electron chi connectivity index (χ2n) is 5.88. The molecule has 8 nitrogen and oxygen atoms in total. The molecule has 0 atom stereocenters. The van der Waals surface area contributed by atoms with Gasteiger partial charge in [-0.05, 0) is 32.0 Å². The average Bonchev–Trinajstić information content (AvgIpc) is 3.08. The molecule has 1 aromatic heterocycles. The maximum Gasteiger partial charge on any atom is 0.272 e. The fraction of sp³-hybridized carbons (Fsp3) is 0.353. The highest BCUT2D eigenvalue weighted by atomic mass is 16.5. The largest absolute Gasteiger partial charge is 0.493 e. The summed E-state index contributed by atoms with van der Waals surface area (Å²) in [6.07, 6.45) is 0. The second-order valence-corrected chi connectivity index (χ2v) is 5.88. The van der Waals surface area contributed by atoms with Crippen molar-refractivity contribution < 1.29 is 19.1 Å². The van der Waals surface area contributed by atoms with Gasteiger partial charge in [-0.3, -0.25) is 14.7 Å². The number of nitrogens with zero attached hydrogens (tertiary/aromatic N) is 1. The van der Waals surface area contributed by atoms with Crippen LogP contribution in [-0.2, 0) is 11.4 Å². The van der Waals surface area contributed by atoms with Crippen LogP contribution in [0, 0.1) is 0 Å².